The molecule has 0 bridgehead atoms. The van der Waals surface area contributed by atoms with E-state index < -0.39 is 17.8 Å². The summed E-state index contributed by atoms with van der Waals surface area (Å²) < 4.78 is 37.2. The fourth-order valence-corrected chi connectivity index (χ4v) is 1.84. The third-order valence-corrected chi connectivity index (χ3v) is 3.05. The lowest BCUT2D eigenvalue weighted by atomic mass is 10.0. The van der Waals surface area contributed by atoms with Crippen LogP contribution in [0.25, 0.3) is 0 Å². The van der Waals surface area contributed by atoms with Gasteiger partial charge in [-0.1, -0.05) is 23.7 Å². The molecule has 2 nitrogen and oxygen atoms in total. The highest BCUT2D eigenvalue weighted by Gasteiger charge is 2.30. The van der Waals surface area contributed by atoms with E-state index in [9.17, 15) is 18.3 Å². The summed E-state index contributed by atoms with van der Waals surface area (Å²) in [6.07, 6.45) is -4.40. The Morgan fingerprint density at radius 3 is 2.25 bits per heavy atom. The van der Waals surface area contributed by atoms with Gasteiger partial charge in [-0.2, -0.15) is 13.2 Å². The lowest BCUT2D eigenvalue weighted by Crippen LogP contribution is -2.08. The van der Waals surface area contributed by atoms with Crippen LogP contribution in [0.15, 0.2) is 42.6 Å². The smallest absolute Gasteiger partial charge is 0.386 e. The van der Waals surface area contributed by atoms with Gasteiger partial charge in [0.25, 0.3) is 0 Å². The SMILES string of the molecule is OC(Cc1ccc(Cl)cc1)c1ccc(C(F)(F)F)cn1. The Bertz CT molecular complexity index is 566. The number of rotatable bonds is 3. The van der Waals surface area contributed by atoms with Crippen molar-refractivity contribution in [1.29, 1.82) is 0 Å². The molecule has 1 heterocycles. The van der Waals surface area contributed by atoms with Gasteiger partial charge in [0.15, 0.2) is 0 Å². The predicted molar refractivity (Wildman–Crippen MR) is 69.4 cm³/mol. The number of aliphatic hydroxyl groups excluding tert-OH is 1. The molecule has 0 fully saturated rings. The van der Waals surface area contributed by atoms with Crippen molar-refractivity contribution in [2.45, 2.75) is 18.7 Å². The molecule has 1 N–H and O–H groups in total. The summed E-state index contributed by atoms with van der Waals surface area (Å²) >= 11 is 5.74. The number of alkyl halides is 3. The Morgan fingerprint density at radius 2 is 1.75 bits per heavy atom. The van der Waals surface area contributed by atoms with Crippen LogP contribution in [0.2, 0.25) is 5.02 Å². The van der Waals surface area contributed by atoms with E-state index in [4.69, 9.17) is 11.6 Å². The Kier molecular flexibility index (Phi) is 4.30. The molecule has 106 valence electrons. The summed E-state index contributed by atoms with van der Waals surface area (Å²) in [6.45, 7) is 0. The van der Waals surface area contributed by atoms with Crippen LogP contribution in [0.3, 0.4) is 0 Å². The summed E-state index contributed by atoms with van der Waals surface area (Å²) in [5.41, 5.74) is 0.191. The van der Waals surface area contributed by atoms with Gasteiger partial charge < -0.3 is 5.11 Å². The predicted octanol–water partition coefficient (Wildman–Crippen LogP) is 4.03. The molecule has 0 amide bonds. The highest BCUT2D eigenvalue weighted by atomic mass is 35.5. The van der Waals surface area contributed by atoms with E-state index in [1.165, 1.54) is 6.07 Å². The second kappa shape index (κ2) is 5.81. The largest absolute Gasteiger partial charge is 0.417 e. The van der Waals surface area contributed by atoms with Gasteiger partial charge in [-0.05, 0) is 29.8 Å². The second-order valence-corrected chi connectivity index (χ2v) is 4.75. The Balaban J connectivity index is 2.09. The van der Waals surface area contributed by atoms with Crippen LogP contribution in [0.4, 0.5) is 13.2 Å². The highest BCUT2D eigenvalue weighted by Crippen LogP contribution is 2.29. The van der Waals surface area contributed by atoms with Crippen molar-refractivity contribution in [1.82, 2.24) is 4.98 Å². The van der Waals surface area contributed by atoms with Crippen molar-refractivity contribution in [3.8, 4) is 0 Å². The van der Waals surface area contributed by atoms with Gasteiger partial charge in [-0.25, -0.2) is 0 Å². The van der Waals surface area contributed by atoms with Gasteiger partial charge in [0, 0.05) is 17.6 Å². The molecule has 0 spiro atoms. The minimum Gasteiger partial charge on any atom is -0.386 e. The first-order chi connectivity index (χ1) is 9.36. The van der Waals surface area contributed by atoms with E-state index in [0.29, 0.717) is 5.02 Å². The van der Waals surface area contributed by atoms with Crippen molar-refractivity contribution in [2.24, 2.45) is 0 Å². The van der Waals surface area contributed by atoms with Crippen LogP contribution in [-0.4, -0.2) is 10.1 Å². The number of aliphatic hydroxyl groups is 1. The molecule has 1 aromatic heterocycles. The van der Waals surface area contributed by atoms with Crippen LogP contribution in [0.1, 0.15) is 22.9 Å². The zero-order valence-corrected chi connectivity index (χ0v) is 11.0. The molecule has 2 aromatic rings. The summed E-state index contributed by atoms with van der Waals surface area (Å²) in [7, 11) is 0. The molecule has 0 aliphatic carbocycles. The highest BCUT2D eigenvalue weighted by molar-refractivity contribution is 6.30. The molecular weight excluding hydrogens is 291 g/mol. The number of halogens is 4. The average molecular weight is 302 g/mol. The normalized spacial score (nSPS) is 13.2. The minimum absolute atomic E-state index is 0.202. The van der Waals surface area contributed by atoms with Crippen molar-refractivity contribution < 1.29 is 18.3 Å². The number of hydrogen-bond acceptors (Lipinski definition) is 2. The van der Waals surface area contributed by atoms with Gasteiger partial charge in [-0.3, -0.25) is 4.98 Å². The summed E-state index contributed by atoms with van der Waals surface area (Å²) in [4.78, 5) is 3.66. The monoisotopic (exact) mass is 301 g/mol. The minimum atomic E-state index is -4.42. The summed E-state index contributed by atoms with van der Waals surface area (Å²) in [6, 6.07) is 8.95. The molecule has 2 rings (SSSR count). The third-order valence-electron chi connectivity index (χ3n) is 2.80. The van der Waals surface area contributed by atoms with Crippen LogP contribution >= 0.6 is 11.6 Å². The summed E-state index contributed by atoms with van der Waals surface area (Å²) in [5.74, 6) is 0. The van der Waals surface area contributed by atoms with Crippen molar-refractivity contribution >= 4 is 11.6 Å². The molecule has 0 aliphatic heterocycles. The van der Waals surface area contributed by atoms with Gasteiger partial charge in [0.05, 0.1) is 17.4 Å². The fourth-order valence-electron chi connectivity index (χ4n) is 1.72. The molecule has 0 aliphatic rings. The van der Waals surface area contributed by atoms with E-state index in [1.54, 1.807) is 24.3 Å². The average Bonchev–Trinajstić information content (AvgIpc) is 2.40. The summed E-state index contributed by atoms with van der Waals surface area (Å²) in [5, 5.41) is 10.5. The van der Waals surface area contributed by atoms with Crippen LogP contribution in [0, 0.1) is 0 Å². The lowest BCUT2D eigenvalue weighted by molar-refractivity contribution is -0.137. The van der Waals surface area contributed by atoms with E-state index in [-0.39, 0.29) is 12.1 Å². The molecule has 1 atom stereocenters. The molecule has 0 radical (unpaired) electrons. The van der Waals surface area contributed by atoms with Crippen LogP contribution in [0.5, 0.6) is 0 Å². The first-order valence-corrected chi connectivity index (χ1v) is 6.20. The van der Waals surface area contributed by atoms with Gasteiger partial charge in [0.2, 0.25) is 0 Å². The molecule has 1 aromatic carbocycles. The van der Waals surface area contributed by atoms with Gasteiger partial charge in [0.1, 0.15) is 0 Å². The Labute approximate surface area is 118 Å². The zero-order valence-electron chi connectivity index (χ0n) is 10.2. The second-order valence-electron chi connectivity index (χ2n) is 4.32. The number of aromatic nitrogens is 1. The Hall–Kier alpha value is -1.59. The van der Waals surface area contributed by atoms with Gasteiger partial charge >= 0.3 is 6.18 Å². The molecule has 20 heavy (non-hydrogen) atoms. The van der Waals surface area contributed by atoms with Crippen molar-refractivity contribution in [3.63, 3.8) is 0 Å². The molecule has 6 heteroatoms. The Morgan fingerprint density at radius 1 is 1.10 bits per heavy atom. The molecule has 1 unspecified atom stereocenters. The van der Waals surface area contributed by atoms with Crippen molar-refractivity contribution in [3.05, 3.63) is 64.4 Å². The quantitative estimate of drug-likeness (QED) is 0.928. The first-order valence-electron chi connectivity index (χ1n) is 5.82. The number of benzene rings is 1. The maximum atomic E-state index is 12.4. The van der Waals surface area contributed by atoms with Crippen LogP contribution in [-0.2, 0) is 12.6 Å². The number of nitrogens with zero attached hydrogens (tertiary/aromatic N) is 1. The standard InChI is InChI=1S/C14H11ClF3NO/c15-11-4-1-9(2-5-11)7-13(20)12-6-3-10(8-19-12)14(16,17)18/h1-6,8,13,20H,7H2. The first kappa shape index (κ1) is 14.8. The van der Waals surface area contributed by atoms with Crippen molar-refractivity contribution in [2.75, 3.05) is 0 Å². The maximum Gasteiger partial charge on any atom is 0.417 e. The molecular formula is C14H11ClF3NO. The van der Waals surface area contributed by atoms with E-state index in [1.807, 2.05) is 0 Å². The fraction of sp³-hybridized carbons (Fsp3) is 0.214. The van der Waals surface area contributed by atoms with Crippen LogP contribution < -0.4 is 0 Å². The zero-order chi connectivity index (χ0) is 14.8. The maximum absolute atomic E-state index is 12.4. The van der Waals surface area contributed by atoms with E-state index >= 15 is 0 Å². The molecule has 0 saturated heterocycles. The topological polar surface area (TPSA) is 33.1 Å². The van der Waals surface area contributed by atoms with E-state index in [0.717, 1.165) is 17.8 Å². The lowest BCUT2D eigenvalue weighted by Gasteiger charge is -2.12. The van der Waals surface area contributed by atoms with E-state index in [2.05, 4.69) is 4.98 Å². The molecule has 0 saturated carbocycles. The van der Waals surface area contributed by atoms with Gasteiger partial charge in [-0.15, -0.1) is 0 Å². The number of pyridine rings is 1. The number of hydrogen-bond donors (Lipinski definition) is 1. The third kappa shape index (κ3) is 3.71.